The average molecular weight is 503 g/mol. The monoisotopic (exact) mass is 503 g/mol. The smallest absolute Gasteiger partial charge is 0.241 e. The first-order valence-electron chi connectivity index (χ1n) is 9.66. The second-order valence-corrected chi connectivity index (χ2v) is 7.26. The maximum atomic E-state index is 12.3. The first-order chi connectivity index (χ1) is 13.1. The summed E-state index contributed by atoms with van der Waals surface area (Å²) in [4.78, 5) is 22.6. The number of aliphatic imine (C=N–C) groups is 1. The van der Waals surface area contributed by atoms with Gasteiger partial charge in [0.25, 0.3) is 0 Å². The number of nitrogens with one attached hydrogen (secondary N) is 2. The summed E-state index contributed by atoms with van der Waals surface area (Å²) in [6.45, 7) is 2.51. The predicted octanol–water partition coefficient (Wildman–Crippen LogP) is 2.07. The Kier molecular flexibility index (Phi) is 11.4. The zero-order valence-electron chi connectivity index (χ0n) is 17.2. The molecule has 158 valence electrons. The molecule has 1 fully saturated rings. The van der Waals surface area contributed by atoms with Crippen molar-refractivity contribution in [3.05, 3.63) is 30.1 Å². The Morgan fingerprint density at radius 2 is 2.14 bits per heavy atom. The predicted molar refractivity (Wildman–Crippen MR) is 123 cm³/mol. The van der Waals surface area contributed by atoms with Crippen molar-refractivity contribution in [1.82, 2.24) is 20.5 Å². The molecule has 2 N–H and O–H groups in total. The van der Waals surface area contributed by atoms with Crippen LogP contribution in [0.2, 0.25) is 0 Å². The van der Waals surface area contributed by atoms with Crippen molar-refractivity contribution >= 4 is 35.8 Å². The van der Waals surface area contributed by atoms with Gasteiger partial charge in [-0.25, -0.2) is 0 Å². The molecule has 0 saturated heterocycles. The molecule has 1 aliphatic carbocycles. The van der Waals surface area contributed by atoms with Crippen molar-refractivity contribution in [3.8, 4) is 0 Å². The van der Waals surface area contributed by atoms with Gasteiger partial charge in [0.05, 0.1) is 6.54 Å². The molecule has 1 saturated carbocycles. The highest BCUT2D eigenvalue weighted by molar-refractivity contribution is 14.0. The largest absolute Gasteiger partial charge is 0.385 e. The van der Waals surface area contributed by atoms with Crippen molar-refractivity contribution in [2.45, 2.75) is 32.1 Å². The molecule has 0 aromatic carbocycles. The fourth-order valence-corrected chi connectivity index (χ4v) is 3.25. The third-order valence-corrected chi connectivity index (χ3v) is 5.37. The molecule has 2 rings (SSSR count). The number of ether oxygens (including phenoxy) is 1. The molecule has 8 heteroatoms. The minimum atomic E-state index is 0. The molecule has 28 heavy (non-hydrogen) atoms. The number of methoxy groups -OCH3 is 1. The zero-order valence-corrected chi connectivity index (χ0v) is 19.6. The van der Waals surface area contributed by atoms with E-state index in [2.05, 4.69) is 20.6 Å². The van der Waals surface area contributed by atoms with Crippen LogP contribution >= 0.6 is 24.0 Å². The van der Waals surface area contributed by atoms with Crippen LogP contribution in [-0.4, -0.2) is 69.2 Å². The summed E-state index contributed by atoms with van der Waals surface area (Å²) in [6, 6.07) is 5.83. The molecule has 1 aromatic rings. The molecule has 0 unspecified atom stereocenters. The molecule has 0 radical (unpaired) electrons. The van der Waals surface area contributed by atoms with Crippen LogP contribution in [0.1, 0.15) is 31.4 Å². The van der Waals surface area contributed by atoms with Crippen molar-refractivity contribution in [2.24, 2.45) is 10.4 Å². The van der Waals surface area contributed by atoms with E-state index in [0.29, 0.717) is 17.9 Å². The Bertz CT molecular complexity index is 608. The molecule has 0 aliphatic heterocycles. The SMILES string of the molecule is CN=C(NCC(=O)N(C)CCc1ccccn1)NCC1(CCOC)CCC1.I. The van der Waals surface area contributed by atoms with Gasteiger partial charge in [-0.05, 0) is 36.8 Å². The summed E-state index contributed by atoms with van der Waals surface area (Å²) in [5.74, 6) is 0.705. The molecule has 0 atom stereocenters. The first kappa shape index (κ1) is 24.6. The van der Waals surface area contributed by atoms with Crippen LogP contribution in [0.3, 0.4) is 0 Å². The highest BCUT2D eigenvalue weighted by Gasteiger charge is 2.36. The van der Waals surface area contributed by atoms with Gasteiger partial charge in [0.2, 0.25) is 5.91 Å². The third-order valence-electron chi connectivity index (χ3n) is 5.37. The minimum Gasteiger partial charge on any atom is -0.385 e. The number of carbonyl (C=O) groups excluding carboxylic acids is 1. The molecule has 1 heterocycles. The Balaban J connectivity index is 0.00000392. The van der Waals surface area contributed by atoms with E-state index in [-0.39, 0.29) is 36.4 Å². The minimum absolute atomic E-state index is 0. The van der Waals surface area contributed by atoms with E-state index in [4.69, 9.17) is 4.74 Å². The van der Waals surface area contributed by atoms with Crippen LogP contribution < -0.4 is 10.6 Å². The van der Waals surface area contributed by atoms with E-state index < -0.39 is 0 Å². The van der Waals surface area contributed by atoms with Crippen molar-refractivity contribution in [1.29, 1.82) is 0 Å². The molecule has 1 aromatic heterocycles. The lowest BCUT2D eigenvalue weighted by atomic mass is 9.67. The van der Waals surface area contributed by atoms with E-state index in [9.17, 15) is 4.79 Å². The van der Waals surface area contributed by atoms with Gasteiger partial charge in [-0.1, -0.05) is 12.5 Å². The summed E-state index contributed by atoms with van der Waals surface area (Å²) in [5, 5.41) is 6.50. The number of nitrogens with zero attached hydrogens (tertiary/aromatic N) is 3. The van der Waals surface area contributed by atoms with Gasteiger partial charge in [0, 0.05) is 59.2 Å². The number of halogens is 1. The van der Waals surface area contributed by atoms with Crippen LogP contribution in [0.5, 0.6) is 0 Å². The maximum absolute atomic E-state index is 12.3. The number of pyridine rings is 1. The lowest BCUT2D eigenvalue weighted by Crippen LogP contribution is -2.49. The topological polar surface area (TPSA) is 78.9 Å². The van der Waals surface area contributed by atoms with E-state index in [1.807, 2.05) is 25.2 Å². The van der Waals surface area contributed by atoms with Gasteiger partial charge in [-0.3, -0.25) is 14.8 Å². The molecule has 1 aliphatic rings. The van der Waals surface area contributed by atoms with Gasteiger partial charge in [0.15, 0.2) is 5.96 Å². The van der Waals surface area contributed by atoms with Crippen LogP contribution in [0, 0.1) is 5.41 Å². The molecule has 0 spiro atoms. The van der Waals surface area contributed by atoms with E-state index in [0.717, 1.165) is 31.7 Å². The third kappa shape index (κ3) is 7.90. The fourth-order valence-electron chi connectivity index (χ4n) is 3.25. The quantitative estimate of drug-likeness (QED) is 0.291. The molecule has 7 nitrogen and oxygen atoms in total. The number of hydrogen-bond donors (Lipinski definition) is 2. The standard InChI is InChI=1S/C20H33N5O2.HI/c1-21-19(24-16-20(9-6-10-20)11-14-27-3)23-15-18(26)25(2)13-8-17-7-4-5-12-22-17;/h4-5,7,12H,6,8-11,13-16H2,1-3H3,(H2,21,23,24);1H. The first-order valence-corrected chi connectivity index (χ1v) is 9.66. The number of carbonyl (C=O) groups is 1. The maximum Gasteiger partial charge on any atom is 0.241 e. The second-order valence-electron chi connectivity index (χ2n) is 7.26. The van der Waals surface area contributed by atoms with Crippen LogP contribution in [0.25, 0.3) is 0 Å². The number of likely N-dealkylation sites (N-methyl/N-ethyl adjacent to an activating group) is 1. The number of rotatable bonds is 10. The fraction of sp³-hybridized carbons (Fsp3) is 0.650. The highest BCUT2D eigenvalue weighted by atomic mass is 127. The van der Waals surface area contributed by atoms with Crippen LogP contribution in [-0.2, 0) is 16.0 Å². The Hall–Kier alpha value is -1.42. The van der Waals surface area contributed by atoms with Crippen LogP contribution in [0.4, 0.5) is 0 Å². The average Bonchev–Trinajstić information content (AvgIpc) is 2.67. The Morgan fingerprint density at radius 1 is 1.36 bits per heavy atom. The molecular formula is C20H34IN5O2. The Morgan fingerprint density at radius 3 is 2.71 bits per heavy atom. The van der Waals surface area contributed by atoms with E-state index in [1.54, 1.807) is 25.3 Å². The van der Waals surface area contributed by atoms with Crippen molar-refractivity contribution < 1.29 is 9.53 Å². The summed E-state index contributed by atoms with van der Waals surface area (Å²) in [6.07, 6.45) is 7.29. The van der Waals surface area contributed by atoms with Gasteiger partial charge < -0.3 is 20.3 Å². The number of amides is 1. The summed E-state index contributed by atoms with van der Waals surface area (Å²) in [5.41, 5.74) is 1.29. The lowest BCUT2D eigenvalue weighted by molar-refractivity contribution is -0.128. The Labute approximate surface area is 185 Å². The van der Waals surface area contributed by atoms with E-state index >= 15 is 0 Å². The molecular weight excluding hydrogens is 469 g/mol. The van der Waals surface area contributed by atoms with Gasteiger partial charge >= 0.3 is 0 Å². The second kappa shape index (κ2) is 12.9. The summed E-state index contributed by atoms with van der Waals surface area (Å²) in [7, 11) is 5.29. The lowest BCUT2D eigenvalue weighted by Gasteiger charge is -2.42. The normalized spacial score (nSPS) is 15.2. The summed E-state index contributed by atoms with van der Waals surface area (Å²) < 4.78 is 5.24. The zero-order chi connectivity index (χ0) is 19.5. The van der Waals surface area contributed by atoms with Gasteiger partial charge in [0.1, 0.15) is 0 Å². The van der Waals surface area contributed by atoms with Crippen molar-refractivity contribution in [3.63, 3.8) is 0 Å². The summed E-state index contributed by atoms with van der Waals surface area (Å²) >= 11 is 0. The number of aromatic nitrogens is 1. The van der Waals surface area contributed by atoms with Gasteiger partial charge in [-0.2, -0.15) is 0 Å². The van der Waals surface area contributed by atoms with Crippen LogP contribution in [0.15, 0.2) is 29.4 Å². The molecule has 0 bridgehead atoms. The number of guanidine groups is 1. The van der Waals surface area contributed by atoms with E-state index in [1.165, 1.54) is 19.3 Å². The van der Waals surface area contributed by atoms with Gasteiger partial charge in [-0.15, -0.1) is 24.0 Å². The highest BCUT2D eigenvalue weighted by Crippen LogP contribution is 2.43. The van der Waals surface area contributed by atoms with Crippen molar-refractivity contribution in [2.75, 3.05) is 47.4 Å². The molecule has 1 amide bonds. The number of hydrogen-bond acceptors (Lipinski definition) is 4.